The fourth-order valence-corrected chi connectivity index (χ4v) is 5.76. The van der Waals surface area contributed by atoms with Crippen LogP contribution < -0.4 is 14.8 Å². The third kappa shape index (κ3) is 6.69. The van der Waals surface area contributed by atoms with Gasteiger partial charge in [-0.05, 0) is 67.8 Å². The summed E-state index contributed by atoms with van der Waals surface area (Å²) >= 11 is 13.8. The molecule has 1 N–H and O–H groups in total. The molecular formula is C31H30Cl2N4O4S. The van der Waals surface area contributed by atoms with E-state index in [0.29, 0.717) is 56.3 Å². The number of benzene rings is 3. The van der Waals surface area contributed by atoms with Crippen LogP contribution in [0, 0.1) is 0 Å². The number of rotatable bonds is 10. The summed E-state index contributed by atoms with van der Waals surface area (Å²) in [5, 5.41) is 9.93. The Morgan fingerprint density at radius 1 is 1.07 bits per heavy atom. The average Bonchev–Trinajstić information content (AvgIpc) is 3.37. The van der Waals surface area contributed by atoms with Gasteiger partial charge in [0.25, 0.3) is 0 Å². The summed E-state index contributed by atoms with van der Waals surface area (Å²) in [5.41, 5.74) is 3.78. The zero-order valence-corrected chi connectivity index (χ0v) is 25.9. The Kier molecular flexibility index (Phi) is 9.30. The molecule has 0 amide bonds. The smallest absolute Gasteiger partial charge is 0.338 e. The fraction of sp³-hybridized carbons (Fsp3) is 0.258. The van der Waals surface area contributed by atoms with Crippen LogP contribution in [-0.2, 0) is 21.9 Å². The van der Waals surface area contributed by atoms with Crippen LogP contribution in [0.2, 0.25) is 10.0 Å². The number of carbonyl (C=O) groups excluding carboxylic acids is 1. The molecule has 0 saturated carbocycles. The van der Waals surface area contributed by atoms with Gasteiger partial charge in [-0.3, -0.25) is 0 Å². The fourth-order valence-electron chi connectivity index (χ4n) is 4.52. The number of nitrogens with zero attached hydrogens (tertiary/aromatic N) is 3. The number of fused-ring (bicyclic) bond motifs is 1. The summed E-state index contributed by atoms with van der Waals surface area (Å²) in [7, 11) is 1.58. The van der Waals surface area contributed by atoms with Crippen LogP contribution in [0.25, 0.3) is 0 Å². The van der Waals surface area contributed by atoms with Gasteiger partial charge in [-0.1, -0.05) is 71.4 Å². The van der Waals surface area contributed by atoms with Gasteiger partial charge in [-0.2, -0.15) is 4.98 Å². The van der Waals surface area contributed by atoms with Gasteiger partial charge in [0, 0.05) is 21.5 Å². The van der Waals surface area contributed by atoms with Crippen molar-refractivity contribution < 1.29 is 19.0 Å². The summed E-state index contributed by atoms with van der Waals surface area (Å²) in [5.74, 6) is 1.75. The highest BCUT2D eigenvalue weighted by Crippen LogP contribution is 2.40. The molecule has 42 heavy (non-hydrogen) atoms. The predicted molar refractivity (Wildman–Crippen MR) is 166 cm³/mol. The van der Waals surface area contributed by atoms with E-state index in [1.165, 1.54) is 11.8 Å². The number of methoxy groups -OCH3 is 1. The van der Waals surface area contributed by atoms with Gasteiger partial charge in [0.15, 0.2) is 11.5 Å². The first-order valence-corrected chi connectivity index (χ1v) is 15.0. The lowest BCUT2D eigenvalue weighted by Gasteiger charge is -2.29. The number of halogens is 2. The maximum atomic E-state index is 13.4. The zero-order valence-electron chi connectivity index (χ0n) is 23.6. The lowest BCUT2D eigenvalue weighted by atomic mass is 9.95. The Hall–Kier alpha value is -3.66. The third-order valence-electron chi connectivity index (χ3n) is 6.52. The van der Waals surface area contributed by atoms with Crippen molar-refractivity contribution in [1.29, 1.82) is 0 Å². The van der Waals surface area contributed by atoms with Crippen LogP contribution in [0.4, 0.5) is 5.95 Å². The van der Waals surface area contributed by atoms with Crippen LogP contribution >= 0.6 is 35.0 Å². The molecular weight excluding hydrogens is 595 g/mol. The SMILES string of the molecule is COc1cc(C2C(C(=O)OC(C)C)=C(C)Nc3nc(SCc4ccccc4Cl)nn32)ccc1OCc1ccc(Cl)cc1. The van der Waals surface area contributed by atoms with E-state index in [1.807, 2.05) is 87.5 Å². The van der Waals surface area contributed by atoms with Crippen molar-refractivity contribution in [2.75, 3.05) is 12.4 Å². The number of carbonyl (C=O) groups is 1. The van der Waals surface area contributed by atoms with E-state index in [4.69, 9.17) is 47.5 Å². The normalized spacial score (nSPS) is 14.4. The monoisotopic (exact) mass is 624 g/mol. The highest BCUT2D eigenvalue weighted by Gasteiger charge is 2.36. The van der Waals surface area contributed by atoms with Crippen molar-refractivity contribution in [2.24, 2.45) is 0 Å². The lowest BCUT2D eigenvalue weighted by Crippen LogP contribution is -2.30. The minimum absolute atomic E-state index is 0.296. The van der Waals surface area contributed by atoms with Gasteiger partial charge in [0.1, 0.15) is 12.6 Å². The third-order valence-corrected chi connectivity index (χ3v) is 8.03. The van der Waals surface area contributed by atoms with E-state index < -0.39 is 12.0 Å². The second kappa shape index (κ2) is 13.1. The summed E-state index contributed by atoms with van der Waals surface area (Å²) in [6.45, 7) is 5.81. The molecule has 1 aliphatic rings. The topological polar surface area (TPSA) is 87.5 Å². The highest BCUT2D eigenvalue weighted by atomic mass is 35.5. The number of anilines is 1. The average molecular weight is 626 g/mol. The maximum absolute atomic E-state index is 13.4. The molecule has 11 heteroatoms. The van der Waals surface area contributed by atoms with Crippen molar-refractivity contribution in [3.05, 3.63) is 105 Å². The van der Waals surface area contributed by atoms with E-state index in [2.05, 4.69) is 5.32 Å². The first-order chi connectivity index (χ1) is 20.2. The molecule has 0 spiro atoms. The van der Waals surface area contributed by atoms with E-state index in [0.717, 1.165) is 16.7 Å². The molecule has 4 aromatic rings. The van der Waals surface area contributed by atoms with Gasteiger partial charge in [-0.25, -0.2) is 9.48 Å². The number of hydrogen-bond donors (Lipinski definition) is 1. The standard InChI is InChI=1S/C31H30Cl2N4O4S/c1-18(2)41-29(38)27-19(3)34-30-35-31(42-17-22-7-5-6-8-24(22)33)36-37(30)28(27)21-11-14-25(26(15-21)39-4)40-16-20-9-12-23(32)13-10-20/h5-15,18,28H,16-17H2,1-4H3,(H,34,35,36). The van der Waals surface area contributed by atoms with Crippen LogP contribution in [0.15, 0.2) is 83.2 Å². The molecule has 1 aliphatic heterocycles. The van der Waals surface area contributed by atoms with Gasteiger partial charge in [0.05, 0.1) is 18.8 Å². The maximum Gasteiger partial charge on any atom is 0.338 e. The molecule has 3 aromatic carbocycles. The molecule has 0 bridgehead atoms. The number of hydrogen-bond acceptors (Lipinski definition) is 8. The first-order valence-electron chi connectivity index (χ1n) is 13.3. The molecule has 1 atom stereocenters. The molecule has 0 fully saturated rings. The summed E-state index contributed by atoms with van der Waals surface area (Å²) < 4.78 is 19.1. The number of esters is 1. The first kappa shape index (κ1) is 29.8. The summed E-state index contributed by atoms with van der Waals surface area (Å²) in [6.07, 6.45) is -0.296. The molecule has 0 aliphatic carbocycles. The molecule has 0 radical (unpaired) electrons. The van der Waals surface area contributed by atoms with Gasteiger partial charge < -0.3 is 19.5 Å². The minimum atomic E-state index is -0.617. The zero-order chi connectivity index (χ0) is 29.8. The summed E-state index contributed by atoms with van der Waals surface area (Å²) in [4.78, 5) is 18.1. The molecule has 1 aromatic heterocycles. The van der Waals surface area contributed by atoms with Crippen molar-refractivity contribution >= 4 is 46.9 Å². The molecule has 2 heterocycles. The Bertz CT molecular complexity index is 1620. The number of allylic oxidation sites excluding steroid dienone is 1. The summed E-state index contributed by atoms with van der Waals surface area (Å²) in [6, 6.07) is 20.1. The van der Waals surface area contributed by atoms with Gasteiger partial charge >= 0.3 is 5.97 Å². The Morgan fingerprint density at radius 2 is 1.83 bits per heavy atom. The van der Waals surface area contributed by atoms with E-state index in [1.54, 1.807) is 11.8 Å². The molecule has 8 nitrogen and oxygen atoms in total. The highest BCUT2D eigenvalue weighted by molar-refractivity contribution is 7.98. The van der Waals surface area contributed by atoms with E-state index >= 15 is 0 Å². The lowest BCUT2D eigenvalue weighted by molar-refractivity contribution is -0.143. The van der Waals surface area contributed by atoms with Crippen molar-refractivity contribution in [3.8, 4) is 11.5 Å². The number of aromatic nitrogens is 3. The second-order valence-corrected chi connectivity index (χ2v) is 11.7. The number of ether oxygens (including phenoxy) is 3. The Morgan fingerprint density at radius 3 is 2.55 bits per heavy atom. The largest absolute Gasteiger partial charge is 0.493 e. The van der Waals surface area contributed by atoms with Gasteiger partial charge in [-0.15, -0.1) is 5.10 Å². The number of nitrogens with one attached hydrogen (secondary N) is 1. The second-order valence-electron chi connectivity index (χ2n) is 9.89. The van der Waals surface area contributed by atoms with Crippen LogP contribution in [0.3, 0.4) is 0 Å². The van der Waals surface area contributed by atoms with E-state index in [-0.39, 0.29) is 6.10 Å². The molecule has 1 unspecified atom stereocenters. The quantitative estimate of drug-likeness (QED) is 0.142. The Balaban J connectivity index is 1.48. The minimum Gasteiger partial charge on any atom is -0.493 e. The van der Waals surface area contributed by atoms with Crippen LogP contribution in [0.1, 0.15) is 43.5 Å². The van der Waals surface area contributed by atoms with Crippen molar-refractivity contribution in [1.82, 2.24) is 14.8 Å². The predicted octanol–water partition coefficient (Wildman–Crippen LogP) is 7.71. The molecule has 5 rings (SSSR count). The molecule has 0 saturated heterocycles. The van der Waals surface area contributed by atoms with Gasteiger partial charge in [0.2, 0.25) is 11.1 Å². The van der Waals surface area contributed by atoms with Crippen molar-refractivity contribution in [3.63, 3.8) is 0 Å². The molecule has 218 valence electrons. The Labute approximate surface area is 259 Å². The van der Waals surface area contributed by atoms with Crippen LogP contribution in [-0.4, -0.2) is 33.9 Å². The van der Waals surface area contributed by atoms with E-state index in [9.17, 15) is 4.79 Å². The van der Waals surface area contributed by atoms with Crippen LogP contribution in [0.5, 0.6) is 11.5 Å². The number of thioether (sulfide) groups is 1. The van der Waals surface area contributed by atoms with Crippen molar-refractivity contribution in [2.45, 2.75) is 50.4 Å².